The van der Waals surface area contributed by atoms with E-state index in [4.69, 9.17) is 4.74 Å². The molecular formula is C11H22N2O3. The summed E-state index contributed by atoms with van der Waals surface area (Å²) in [6, 6.07) is -0.00693. The number of likely N-dealkylation sites (tertiary alicyclic amines) is 1. The maximum absolute atomic E-state index is 11.7. The summed E-state index contributed by atoms with van der Waals surface area (Å²) in [4.78, 5) is 15.2. The van der Waals surface area contributed by atoms with Crippen LogP contribution in [0.5, 0.6) is 0 Å². The number of amides is 1. The molecule has 1 fully saturated rings. The van der Waals surface area contributed by atoms with Gasteiger partial charge in [-0.25, -0.2) is 4.79 Å². The number of carbonyl (C=O) groups is 1. The highest BCUT2D eigenvalue weighted by atomic mass is 16.6. The Morgan fingerprint density at radius 3 is 2.31 bits per heavy atom. The molecule has 94 valence electrons. The summed E-state index contributed by atoms with van der Waals surface area (Å²) in [6.07, 6.45) is -0.849. The zero-order valence-electron chi connectivity index (χ0n) is 10.7. The van der Waals surface area contributed by atoms with Gasteiger partial charge in [0.25, 0.3) is 0 Å². The lowest BCUT2D eigenvalue weighted by atomic mass is 10.2. The Morgan fingerprint density at radius 1 is 1.38 bits per heavy atom. The molecule has 0 saturated carbocycles. The highest BCUT2D eigenvalue weighted by molar-refractivity contribution is 5.68. The molecule has 0 spiro atoms. The summed E-state index contributed by atoms with van der Waals surface area (Å²) in [5.74, 6) is 0. The number of carbonyl (C=O) groups excluding carboxylic acids is 1. The van der Waals surface area contributed by atoms with Gasteiger partial charge in [-0.2, -0.15) is 0 Å². The third kappa shape index (κ3) is 3.35. The van der Waals surface area contributed by atoms with Crippen molar-refractivity contribution in [3.05, 3.63) is 0 Å². The van der Waals surface area contributed by atoms with Crippen molar-refractivity contribution in [2.45, 2.75) is 38.5 Å². The summed E-state index contributed by atoms with van der Waals surface area (Å²) in [5, 5.41) is 9.79. The molecule has 1 heterocycles. The number of hydrogen-bond acceptors (Lipinski definition) is 4. The molecule has 1 aliphatic rings. The molecule has 1 saturated heterocycles. The van der Waals surface area contributed by atoms with Crippen molar-refractivity contribution in [2.75, 3.05) is 27.2 Å². The average molecular weight is 230 g/mol. The smallest absolute Gasteiger partial charge is 0.410 e. The van der Waals surface area contributed by atoms with Crippen molar-refractivity contribution in [2.24, 2.45) is 0 Å². The standard InChI is InChI=1S/C11H22N2O3/c1-11(2,3)16-10(15)13-6-8(12(4)5)9(14)7-13/h8-9,14H,6-7H2,1-5H3/t8-,9+/m1/s1. The summed E-state index contributed by atoms with van der Waals surface area (Å²) in [7, 11) is 3.79. The van der Waals surface area contributed by atoms with Crippen LogP contribution < -0.4 is 0 Å². The van der Waals surface area contributed by atoms with E-state index in [0.717, 1.165) is 0 Å². The predicted molar refractivity (Wildman–Crippen MR) is 61.3 cm³/mol. The van der Waals surface area contributed by atoms with Crippen LogP contribution in [0.25, 0.3) is 0 Å². The number of β-amino-alcohol motifs (C(OH)–C–C–N with tert-alkyl or cyclic N) is 1. The third-order valence-corrected chi connectivity index (χ3v) is 2.57. The van der Waals surface area contributed by atoms with Gasteiger partial charge in [0.05, 0.1) is 18.7 Å². The summed E-state index contributed by atoms with van der Waals surface area (Å²) in [6.45, 7) is 6.36. The molecule has 0 unspecified atom stereocenters. The molecule has 0 aromatic rings. The van der Waals surface area contributed by atoms with Gasteiger partial charge in [0.2, 0.25) is 0 Å². The minimum atomic E-state index is -0.498. The number of aliphatic hydroxyl groups is 1. The van der Waals surface area contributed by atoms with Gasteiger partial charge in [0, 0.05) is 6.54 Å². The van der Waals surface area contributed by atoms with Gasteiger partial charge in [-0.15, -0.1) is 0 Å². The molecular weight excluding hydrogens is 208 g/mol. The molecule has 16 heavy (non-hydrogen) atoms. The summed E-state index contributed by atoms with van der Waals surface area (Å²) < 4.78 is 5.26. The number of likely N-dealkylation sites (N-methyl/N-ethyl adjacent to an activating group) is 1. The Labute approximate surface area is 97.0 Å². The van der Waals surface area contributed by atoms with Gasteiger partial charge >= 0.3 is 6.09 Å². The van der Waals surface area contributed by atoms with Crippen molar-refractivity contribution in [1.29, 1.82) is 0 Å². The third-order valence-electron chi connectivity index (χ3n) is 2.57. The first-order valence-corrected chi connectivity index (χ1v) is 5.53. The number of aliphatic hydroxyl groups excluding tert-OH is 1. The van der Waals surface area contributed by atoms with E-state index >= 15 is 0 Å². The second kappa shape index (κ2) is 4.59. The predicted octanol–water partition coefficient (Wildman–Crippen LogP) is 0.528. The van der Waals surface area contributed by atoms with E-state index < -0.39 is 11.7 Å². The lowest BCUT2D eigenvalue weighted by Crippen LogP contribution is -2.39. The number of nitrogens with zero attached hydrogens (tertiary/aromatic N) is 2. The minimum Gasteiger partial charge on any atom is -0.444 e. The average Bonchev–Trinajstić information content (AvgIpc) is 2.44. The van der Waals surface area contributed by atoms with Crippen LogP contribution in [-0.2, 0) is 4.74 Å². The topological polar surface area (TPSA) is 53.0 Å². The number of ether oxygens (including phenoxy) is 1. The Morgan fingerprint density at radius 2 is 1.94 bits per heavy atom. The highest BCUT2D eigenvalue weighted by Gasteiger charge is 2.36. The van der Waals surface area contributed by atoms with Gasteiger partial charge in [-0.05, 0) is 34.9 Å². The first-order valence-electron chi connectivity index (χ1n) is 5.53. The molecule has 2 atom stereocenters. The summed E-state index contributed by atoms with van der Waals surface area (Å²) >= 11 is 0. The van der Waals surface area contributed by atoms with Crippen LogP contribution in [-0.4, -0.2) is 65.9 Å². The van der Waals surface area contributed by atoms with Crippen molar-refractivity contribution < 1.29 is 14.6 Å². The van der Waals surface area contributed by atoms with Gasteiger partial charge in [0.15, 0.2) is 0 Å². The second-order valence-electron chi connectivity index (χ2n) is 5.48. The Bertz CT molecular complexity index is 260. The largest absolute Gasteiger partial charge is 0.444 e. The van der Waals surface area contributed by atoms with Crippen molar-refractivity contribution in [3.63, 3.8) is 0 Å². The molecule has 0 aromatic heterocycles. The van der Waals surface area contributed by atoms with Crippen LogP contribution in [0.15, 0.2) is 0 Å². The van der Waals surface area contributed by atoms with E-state index in [2.05, 4.69) is 0 Å². The number of rotatable bonds is 1. The normalized spacial score (nSPS) is 26.3. The second-order valence-corrected chi connectivity index (χ2v) is 5.48. The van der Waals surface area contributed by atoms with Crippen LogP contribution in [0, 0.1) is 0 Å². The van der Waals surface area contributed by atoms with E-state index in [9.17, 15) is 9.90 Å². The Balaban J connectivity index is 2.55. The Kier molecular flexibility index (Phi) is 3.80. The summed E-state index contributed by atoms with van der Waals surface area (Å²) in [5.41, 5.74) is -0.488. The van der Waals surface area contributed by atoms with Crippen molar-refractivity contribution >= 4 is 6.09 Å². The van der Waals surface area contributed by atoms with Crippen LogP contribution in [0.2, 0.25) is 0 Å². The molecule has 0 radical (unpaired) electrons. The molecule has 0 bridgehead atoms. The van der Waals surface area contributed by atoms with Crippen LogP contribution in [0.4, 0.5) is 4.79 Å². The van der Waals surface area contributed by atoms with Gasteiger partial charge in [0.1, 0.15) is 5.60 Å². The molecule has 1 rings (SSSR count). The van der Waals surface area contributed by atoms with E-state index in [1.165, 1.54) is 0 Å². The zero-order chi connectivity index (χ0) is 12.5. The zero-order valence-corrected chi connectivity index (χ0v) is 10.7. The lowest BCUT2D eigenvalue weighted by Gasteiger charge is -2.25. The Hall–Kier alpha value is -0.810. The monoisotopic (exact) mass is 230 g/mol. The van der Waals surface area contributed by atoms with Gasteiger partial charge < -0.3 is 19.6 Å². The quantitative estimate of drug-likeness (QED) is 0.714. The number of hydrogen-bond donors (Lipinski definition) is 1. The van der Waals surface area contributed by atoms with Gasteiger partial charge in [-0.3, -0.25) is 0 Å². The SMILES string of the molecule is CN(C)[C@@H]1CN(C(=O)OC(C)(C)C)C[C@@H]1O. The van der Waals surface area contributed by atoms with E-state index in [0.29, 0.717) is 13.1 Å². The first-order chi connectivity index (χ1) is 7.20. The molecule has 0 aliphatic carbocycles. The fourth-order valence-electron chi connectivity index (χ4n) is 1.75. The van der Waals surface area contributed by atoms with Crippen LogP contribution in [0.3, 0.4) is 0 Å². The maximum atomic E-state index is 11.7. The minimum absolute atomic E-state index is 0.00693. The first kappa shape index (κ1) is 13.3. The van der Waals surface area contributed by atoms with Gasteiger partial charge in [-0.1, -0.05) is 0 Å². The van der Waals surface area contributed by atoms with Crippen LogP contribution in [0.1, 0.15) is 20.8 Å². The van der Waals surface area contributed by atoms with E-state index in [1.807, 2.05) is 39.8 Å². The molecule has 1 amide bonds. The lowest BCUT2D eigenvalue weighted by molar-refractivity contribution is 0.0269. The highest BCUT2D eigenvalue weighted by Crippen LogP contribution is 2.17. The maximum Gasteiger partial charge on any atom is 0.410 e. The molecule has 5 nitrogen and oxygen atoms in total. The molecule has 5 heteroatoms. The van der Waals surface area contributed by atoms with Crippen molar-refractivity contribution in [1.82, 2.24) is 9.80 Å². The molecule has 0 aromatic carbocycles. The van der Waals surface area contributed by atoms with E-state index in [-0.39, 0.29) is 12.1 Å². The fourth-order valence-corrected chi connectivity index (χ4v) is 1.75. The van der Waals surface area contributed by atoms with Crippen LogP contribution >= 0.6 is 0 Å². The van der Waals surface area contributed by atoms with E-state index in [1.54, 1.807) is 4.90 Å². The molecule has 1 aliphatic heterocycles. The van der Waals surface area contributed by atoms with Crippen molar-refractivity contribution in [3.8, 4) is 0 Å². The molecule has 1 N–H and O–H groups in total. The fraction of sp³-hybridized carbons (Fsp3) is 0.909.